The van der Waals surface area contributed by atoms with Crippen LogP contribution >= 0.6 is 0 Å². The van der Waals surface area contributed by atoms with E-state index in [2.05, 4.69) is 120 Å². The summed E-state index contributed by atoms with van der Waals surface area (Å²) in [6.45, 7) is 15.1. The molecule has 0 aliphatic heterocycles. The van der Waals surface area contributed by atoms with Gasteiger partial charge in [0, 0.05) is 0 Å². The van der Waals surface area contributed by atoms with E-state index in [1.165, 1.54) is 59.8 Å². The fourth-order valence-electron chi connectivity index (χ4n) is 8.52. The minimum absolute atomic E-state index is 0.642. The first-order chi connectivity index (χ1) is 17.4. The zero-order chi connectivity index (χ0) is 24.9. The Morgan fingerprint density at radius 2 is 0.917 bits per heavy atom. The van der Waals surface area contributed by atoms with Crippen molar-refractivity contribution in [1.82, 2.24) is 0 Å². The second-order valence-electron chi connectivity index (χ2n) is 11.9. The monoisotopic (exact) mass is 482 g/mol. The topological polar surface area (TPSA) is 0 Å². The van der Waals surface area contributed by atoms with E-state index in [4.69, 9.17) is 0 Å². The van der Waals surface area contributed by atoms with Crippen LogP contribution in [0.4, 0.5) is 0 Å². The average molecular weight is 483 g/mol. The number of hydrogen-bond donors (Lipinski definition) is 0. The van der Waals surface area contributed by atoms with Gasteiger partial charge in [-0.3, -0.25) is 0 Å². The highest BCUT2D eigenvalue weighted by Gasteiger charge is 2.48. The Balaban J connectivity index is 1.84. The van der Waals surface area contributed by atoms with Crippen LogP contribution in [0, 0.1) is 0 Å². The van der Waals surface area contributed by atoms with E-state index in [9.17, 15) is 0 Å². The maximum absolute atomic E-state index is 2.51. The van der Waals surface area contributed by atoms with Crippen molar-refractivity contribution >= 4 is 56.4 Å². The van der Waals surface area contributed by atoms with Gasteiger partial charge in [-0.1, -0.05) is 120 Å². The lowest BCUT2D eigenvalue weighted by atomic mass is 9.88. The molecule has 178 valence electrons. The lowest BCUT2D eigenvalue weighted by Gasteiger charge is -2.46. The Hall–Kier alpha value is -3.16. The normalized spacial score (nSPS) is 13.5. The van der Waals surface area contributed by atoms with Crippen molar-refractivity contribution in [1.29, 1.82) is 0 Å². The van der Waals surface area contributed by atoms with Crippen LogP contribution in [0.1, 0.15) is 41.5 Å². The number of rotatable bonds is 4. The van der Waals surface area contributed by atoms with Gasteiger partial charge in [-0.2, -0.15) is 0 Å². The zero-order valence-electron chi connectivity index (χ0n) is 22.2. The summed E-state index contributed by atoms with van der Waals surface area (Å²) in [4.78, 5) is 0. The molecule has 0 amide bonds. The van der Waals surface area contributed by atoms with E-state index in [1.54, 1.807) is 10.8 Å². The van der Waals surface area contributed by atoms with Crippen LogP contribution in [-0.4, -0.2) is 8.07 Å². The fourth-order valence-corrected chi connectivity index (χ4v) is 15.6. The van der Waals surface area contributed by atoms with Gasteiger partial charge in [-0.25, -0.2) is 0 Å². The summed E-state index contributed by atoms with van der Waals surface area (Å²) in [7, 11) is -2.01. The van der Waals surface area contributed by atoms with Gasteiger partial charge in [0.15, 0.2) is 0 Å². The highest BCUT2D eigenvalue weighted by Crippen LogP contribution is 2.55. The molecule has 0 N–H and O–H groups in total. The van der Waals surface area contributed by atoms with Gasteiger partial charge in [0.1, 0.15) is 0 Å². The van der Waals surface area contributed by atoms with Crippen molar-refractivity contribution in [2.45, 2.75) is 58.2 Å². The molecule has 36 heavy (non-hydrogen) atoms. The lowest BCUT2D eigenvalue weighted by Crippen LogP contribution is -2.56. The quantitative estimate of drug-likeness (QED) is 0.173. The standard InChI is InChI=1S/C35H34Si/c1-20(2)36(21(3)4,22(5)6)35-29-19-17-25-11-7-10-24-16-18-28(33(29)30(24)25)32-26-14-8-12-23-13-9-15-27(31(23)26)34(32)35/h7-22H,1-6H3. The van der Waals surface area contributed by atoms with E-state index >= 15 is 0 Å². The summed E-state index contributed by atoms with van der Waals surface area (Å²) in [5, 5.41) is 13.1. The van der Waals surface area contributed by atoms with Crippen molar-refractivity contribution in [2.24, 2.45) is 0 Å². The summed E-state index contributed by atoms with van der Waals surface area (Å²) < 4.78 is 0. The Morgan fingerprint density at radius 3 is 1.47 bits per heavy atom. The third kappa shape index (κ3) is 2.50. The summed E-state index contributed by atoms with van der Waals surface area (Å²) in [5.41, 5.74) is 7.85. The van der Waals surface area contributed by atoms with Crippen LogP contribution < -0.4 is 5.19 Å². The lowest BCUT2D eigenvalue weighted by molar-refractivity contribution is 0.836. The van der Waals surface area contributed by atoms with Crippen LogP contribution in [0.5, 0.6) is 0 Å². The first-order valence-corrected chi connectivity index (χ1v) is 15.9. The van der Waals surface area contributed by atoms with E-state index in [-0.39, 0.29) is 0 Å². The van der Waals surface area contributed by atoms with Crippen LogP contribution in [0.3, 0.4) is 0 Å². The first kappa shape index (κ1) is 22.1. The summed E-state index contributed by atoms with van der Waals surface area (Å²) in [5.74, 6) is 0. The summed E-state index contributed by atoms with van der Waals surface area (Å²) in [6.07, 6.45) is 0. The molecule has 0 spiro atoms. The Kier molecular flexibility index (Phi) is 4.55. The Morgan fingerprint density at radius 1 is 0.444 bits per heavy atom. The van der Waals surface area contributed by atoms with Crippen LogP contribution in [0.2, 0.25) is 16.6 Å². The molecule has 0 saturated carbocycles. The average Bonchev–Trinajstić information content (AvgIpc) is 3.19. The van der Waals surface area contributed by atoms with Gasteiger partial charge in [-0.15, -0.1) is 0 Å². The molecule has 0 atom stereocenters. The van der Waals surface area contributed by atoms with Gasteiger partial charge < -0.3 is 0 Å². The molecule has 6 aromatic carbocycles. The SMILES string of the molecule is CC(C)[Si](c1c2c(c3ccc4cccc5ccc1c3c45)-c1cccc3cccc-2c13)(C(C)C)C(C)C. The molecule has 0 saturated heterocycles. The molecule has 0 bridgehead atoms. The molecule has 0 fully saturated rings. The number of fused-ring (bicyclic) bond motifs is 4. The van der Waals surface area contributed by atoms with Gasteiger partial charge in [0.25, 0.3) is 0 Å². The van der Waals surface area contributed by atoms with Crippen molar-refractivity contribution in [3.63, 3.8) is 0 Å². The van der Waals surface area contributed by atoms with Crippen LogP contribution in [0.25, 0.3) is 65.3 Å². The van der Waals surface area contributed by atoms with Crippen molar-refractivity contribution < 1.29 is 0 Å². The second kappa shape index (κ2) is 7.43. The predicted octanol–water partition coefficient (Wildman–Crippen LogP) is 10.3. The molecule has 0 unspecified atom stereocenters. The highest BCUT2D eigenvalue weighted by molar-refractivity contribution is 6.97. The van der Waals surface area contributed by atoms with Gasteiger partial charge in [-0.05, 0) is 87.2 Å². The van der Waals surface area contributed by atoms with E-state index in [0.717, 1.165) is 0 Å². The Bertz CT molecular complexity index is 1780. The smallest absolute Gasteiger partial charge is 0.0648 e. The molecule has 1 aliphatic carbocycles. The zero-order valence-corrected chi connectivity index (χ0v) is 23.2. The largest absolute Gasteiger partial charge is 0.0959 e. The first-order valence-electron chi connectivity index (χ1n) is 13.6. The van der Waals surface area contributed by atoms with E-state index in [0.29, 0.717) is 16.6 Å². The van der Waals surface area contributed by atoms with E-state index < -0.39 is 8.07 Å². The molecule has 6 aromatic rings. The van der Waals surface area contributed by atoms with Gasteiger partial charge in [0.05, 0.1) is 8.07 Å². The third-order valence-corrected chi connectivity index (χ3v) is 16.7. The maximum Gasteiger partial charge on any atom is 0.0959 e. The molecular weight excluding hydrogens is 448 g/mol. The highest BCUT2D eigenvalue weighted by atomic mass is 28.3. The fraction of sp³-hybridized carbons (Fsp3) is 0.257. The number of benzene rings is 6. The van der Waals surface area contributed by atoms with Crippen molar-refractivity contribution in [3.05, 3.63) is 78.9 Å². The molecule has 7 rings (SSSR count). The number of hydrogen-bond acceptors (Lipinski definition) is 0. The van der Waals surface area contributed by atoms with Gasteiger partial charge >= 0.3 is 0 Å². The summed E-state index contributed by atoms with van der Waals surface area (Å²) in [6, 6.07) is 30.3. The predicted molar refractivity (Wildman–Crippen MR) is 163 cm³/mol. The molecular formula is C35H34Si. The molecule has 1 heteroatoms. The van der Waals surface area contributed by atoms with Crippen molar-refractivity contribution in [3.8, 4) is 22.3 Å². The van der Waals surface area contributed by atoms with Crippen LogP contribution in [-0.2, 0) is 0 Å². The third-order valence-electron chi connectivity index (χ3n) is 9.56. The minimum Gasteiger partial charge on any atom is -0.0648 e. The molecule has 0 nitrogen and oxygen atoms in total. The second-order valence-corrected chi connectivity index (χ2v) is 17.7. The molecule has 0 radical (unpaired) electrons. The maximum atomic E-state index is 2.51. The molecule has 1 aliphatic rings. The minimum atomic E-state index is -2.01. The van der Waals surface area contributed by atoms with E-state index in [1.807, 2.05) is 0 Å². The van der Waals surface area contributed by atoms with Gasteiger partial charge in [0.2, 0.25) is 0 Å². The van der Waals surface area contributed by atoms with Crippen molar-refractivity contribution in [2.75, 3.05) is 0 Å². The Labute approximate surface area is 215 Å². The molecule has 0 aromatic heterocycles. The van der Waals surface area contributed by atoms with Crippen LogP contribution in [0.15, 0.2) is 78.9 Å². The molecule has 0 heterocycles. The summed E-state index contributed by atoms with van der Waals surface area (Å²) >= 11 is 0.